The van der Waals surface area contributed by atoms with Gasteiger partial charge in [-0.05, 0) is 0 Å². The van der Waals surface area contributed by atoms with Crippen LogP contribution in [0.25, 0.3) is 0 Å². The molecule has 1 atom stereocenters. The average Bonchev–Trinajstić information content (AvgIpc) is 2.12. The van der Waals surface area contributed by atoms with Gasteiger partial charge in [-0.1, -0.05) is 0 Å². The number of halogens is 5. The van der Waals surface area contributed by atoms with Crippen molar-refractivity contribution in [3.05, 3.63) is 0 Å². The van der Waals surface area contributed by atoms with Crippen LogP contribution in [0.15, 0.2) is 0 Å². The fraction of sp³-hybridized carbons (Fsp3) is 1.00. The molecule has 0 bridgehead atoms. The molecule has 0 aromatic heterocycles. The van der Waals surface area contributed by atoms with E-state index >= 15 is 0 Å². The number of alkyl halides is 5. The van der Waals surface area contributed by atoms with Crippen LogP contribution in [0.2, 0.25) is 0 Å². The fourth-order valence-electron chi connectivity index (χ4n) is 1.05. The summed E-state index contributed by atoms with van der Waals surface area (Å²) in [5.74, 6) is -1.25. The van der Waals surface area contributed by atoms with Gasteiger partial charge in [0.2, 0.25) is 15.5 Å². The van der Waals surface area contributed by atoms with E-state index in [1.165, 1.54) is 0 Å². The molecule has 1 aliphatic rings. The van der Waals surface area contributed by atoms with Crippen molar-refractivity contribution in [2.24, 2.45) is 0 Å². The van der Waals surface area contributed by atoms with E-state index in [9.17, 15) is 30.4 Å². The van der Waals surface area contributed by atoms with Gasteiger partial charge in [-0.3, -0.25) is 0 Å². The van der Waals surface area contributed by atoms with Crippen molar-refractivity contribution < 1.29 is 30.4 Å². The Morgan fingerprint density at radius 3 is 1.77 bits per heavy atom. The van der Waals surface area contributed by atoms with Crippen LogP contribution >= 0.6 is 0 Å². The summed E-state index contributed by atoms with van der Waals surface area (Å²) in [4.78, 5) is 0. The van der Waals surface area contributed by atoms with Gasteiger partial charge >= 0.3 is 5.25 Å². The van der Waals surface area contributed by atoms with Crippen LogP contribution in [0, 0.1) is 0 Å². The largest absolute Gasteiger partial charge is 0.384 e. The highest BCUT2D eigenvalue weighted by atomic mass is 32.2. The van der Waals surface area contributed by atoms with Crippen molar-refractivity contribution in [3.63, 3.8) is 0 Å². The summed E-state index contributed by atoms with van der Waals surface area (Å²) in [5.41, 5.74) is -4.23. The maximum atomic E-state index is 12.8. The van der Waals surface area contributed by atoms with E-state index in [1.54, 1.807) is 0 Å². The summed E-state index contributed by atoms with van der Waals surface area (Å²) >= 11 is 0. The van der Waals surface area contributed by atoms with Crippen molar-refractivity contribution in [2.45, 2.75) is 23.8 Å². The highest BCUT2D eigenvalue weighted by molar-refractivity contribution is 7.92. The second-order valence-electron chi connectivity index (χ2n) is 2.75. The molecule has 1 rings (SSSR count). The molecule has 0 radical (unpaired) electrons. The molecule has 78 valence electrons. The molecule has 1 unspecified atom stereocenters. The summed E-state index contributed by atoms with van der Waals surface area (Å²) in [7, 11) is -5.07. The highest BCUT2D eigenvalue weighted by Crippen LogP contribution is 2.49. The molecule has 0 aliphatic carbocycles. The predicted molar refractivity (Wildman–Crippen MR) is 33.2 cm³/mol. The fourth-order valence-corrected chi connectivity index (χ4v) is 2.58. The van der Waals surface area contributed by atoms with Gasteiger partial charge in [-0.2, -0.15) is 8.78 Å². The van der Waals surface area contributed by atoms with E-state index in [4.69, 9.17) is 0 Å². The first-order valence-electron chi connectivity index (χ1n) is 3.22. The first kappa shape index (κ1) is 10.7. The first-order chi connectivity index (χ1) is 5.65. The van der Waals surface area contributed by atoms with E-state index in [0.717, 1.165) is 0 Å². The lowest BCUT2D eigenvalue weighted by atomic mass is 10.1. The quantitative estimate of drug-likeness (QED) is 0.630. The maximum Gasteiger partial charge on any atom is 0.384 e. The molecule has 1 fully saturated rings. The Morgan fingerprint density at radius 1 is 1.15 bits per heavy atom. The highest BCUT2D eigenvalue weighted by Gasteiger charge is 2.73. The molecular weight excluding hydrogens is 219 g/mol. The third-order valence-corrected chi connectivity index (χ3v) is 3.82. The molecule has 0 aromatic rings. The van der Waals surface area contributed by atoms with Crippen LogP contribution in [0.4, 0.5) is 22.0 Å². The van der Waals surface area contributed by atoms with Gasteiger partial charge < -0.3 is 0 Å². The van der Waals surface area contributed by atoms with Gasteiger partial charge in [0.25, 0.3) is 6.43 Å². The Morgan fingerprint density at radius 2 is 1.62 bits per heavy atom. The maximum absolute atomic E-state index is 12.8. The normalized spacial score (nSPS) is 36.8. The number of sulfone groups is 1. The molecule has 1 heterocycles. The molecule has 1 aliphatic heterocycles. The van der Waals surface area contributed by atoms with Crippen molar-refractivity contribution in [1.82, 2.24) is 0 Å². The number of hydrogen-bond donors (Lipinski definition) is 0. The van der Waals surface area contributed by atoms with Gasteiger partial charge in [-0.25, -0.2) is 21.6 Å². The standard InChI is InChI=1S/C5H5F5O2S/c6-3(7)4(8)1-2-13(11,12)5(4,9)10/h3H,1-2H2. The van der Waals surface area contributed by atoms with Gasteiger partial charge in [0.15, 0.2) is 0 Å². The number of hydrogen-bond acceptors (Lipinski definition) is 2. The zero-order chi connectivity index (χ0) is 10.5. The van der Waals surface area contributed by atoms with E-state index in [1.807, 2.05) is 0 Å². The molecule has 0 saturated carbocycles. The SMILES string of the molecule is O=S1(=O)CCC(F)(C(F)F)C1(F)F. The molecule has 0 aromatic carbocycles. The monoisotopic (exact) mass is 224 g/mol. The molecule has 13 heavy (non-hydrogen) atoms. The van der Waals surface area contributed by atoms with Crippen LogP contribution in [0.1, 0.15) is 6.42 Å². The van der Waals surface area contributed by atoms with Crippen LogP contribution in [0.3, 0.4) is 0 Å². The van der Waals surface area contributed by atoms with E-state index in [0.29, 0.717) is 0 Å². The second-order valence-corrected chi connectivity index (χ2v) is 4.90. The van der Waals surface area contributed by atoms with Crippen LogP contribution in [-0.2, 0) is 9.84 Å². The summed E-state index contributed by atoms with van der Waals surface area (Å²) in [5, 5.41) is -4.98. The third-order valence-electron chi connectivity index (χ3n) is 1.95. The Labute approximate surface area is 70.6 Å². The lowest BCUT2D eigenvalue weighted by Gasteiger charge is -2.23. The van der Waals surface area contributed by atoms with Crippen LogP contribution < -0.4 is 0 Å². The zero-order valence-corrected chi connectivity index (χ0v) is 6.92. The molecule has 1 saturated heterocycles. The number of rotatable bonds is 1. The van der Waals surface area contributed by atoms with Crippen molar-refractivity contribution in [3.8, 4) is 0 Å². The molecule has 0 spiro atoms. The molecule has 0 N–H and O–H groups in total. The minimum Gasteiger partial charge on any atom is -0.229 e. The van der Waals surface area contributed by atoms with Gasteiger partial charge in [0, 0.05) is 6.42 Å². The average molecular weight is 224 g/mol. The summed E-state index contributed by atoms with van der Waals surface area (Å²) in [6, 6.07) is 0. The van der Waals surface area contributed by atoms with E-state index in [-0.39, 0.29) is 0 Å². The van der Waals surface area contributed by atoms with Crippen molar-refractivity contribution in [2.75, 3.05) is 5.75 Å². The Hall–Kier alpha value is -0.400. The van der Waals surface area contributed by atoms with Gasteiger partial charge in [-0.15, -0.1) is 0 Å². The third kappa shape index (κ3) is 1.14. The Balaban J connectivity index is 3.22. The van der Waals surface area contributed by atoms with Crippen molar-refractivity contribution >= 4 is 9.84 Å². The summed E-state index contributed by atoms with van der Waals surface area (Å²) in [6.45, 7) is 0. The molecule has 0 amide bonds. The van der Waals surface area contributed by atoms with E-state index < -0.39 is 39.4 Å². The summed E-state index contributed by atoms with van der Waals surface area (Å²) < 4.78 is 82.6. The van der Waals surface area contributed by atoms with Gasteiger partial charge in [0.1, 0.15) is 0 Å². The topological polar surface area (TPSA) is 34.1 Å². The molecular formula is C5H5F5O2S. The summed E-state index contributed by atoms with van der Waals surface area (Å²) in [6.07, 6.45) is -5.36. The lowest BCUT2D eigenvalue weighted by Crippen LogP contribution is -2.48. The Kier molecular flexibility index (Phi) is 2.10. The van der Waals surface area contributed by atoms with E-state index in [2.05, 4.69) is 0 Å². The minimum absolute atomic E-state index is 1.25. The first-order valence-corrected chi connectivity index (χ1v) is 4.87. The lowest BCUT2D eigenvalue weighted by molar-refractivity contribution is -0.143. The van der Waals surface area contributed by atoms with Crippen molar-refractivity contribution in [1.29, 1.82) is 0 Å². The molecule has 8 heteroatoms. The Bertz CT molecular complexity index is 311. The van der Waals surface area contributed by atoms with Crippen LogP contribution in [-0.4, -0.2) is 31.5 Å². The second kappa shape index (κ2) is 2.55. The smallest absolute Gasteiger partial charge is 0.229 e. The predicted octanol–water partition coefficient (Wildman–Crippen LogP) is 1.37. The zero-order valence-electron chi connectivity index (χ0n) is 6.11. The minimum atomic E-state index is -5.07. The molecule has 2 nitrogen and oxygen atoms in total. The van der Waals surface area contributed by atoms with Gasteiger partial charge in [0.05, 0.1) is 5.75 Å². The van der Waals surface area contributed by atoms with Crippen LogP contribution in [0.5, 0.6) is 0 Å².